The Labute approximate surface area is 154 Å². The Morgan fingerprint density at radius 2 is 1.35 bits per heavy atom. The number of hydrogen-bond acceptors (Lipinski definition) is 2. The third-order valence-corrected chi connectivity index (χ3v) is 5.44. The SMILES string of the molecule is Cc1ccc(S(=O)(=O)NC(c2ccccc2)=[N+](C)c2ccccc2)cc1. The molecule has 3 aromatic carbocycles. The zero-order valence-corrected chi connectivity index (χ0v) is 15.6. The highest BCUT2D eigenvalue weighted by Crippen LogP contribution is 2.14. The number of amidine groups is 1. The lowest BCUT2D eigenvalue weighted by atomic mass is 10.2. The number of hydrogen-bond donors (Lipinski definition) is 1. The van der Waals surface area contributed by atoms with Gasteiger partial charge in [-0.25, -0.2) is 4.58 Å². The monoisotopic (exact) mass is 365 g/mol. The maximum absolute atomic E-state index is 12.9. The summed E-state index contributed by atoms with van der Waals surface area (Å²) >= 11 is 0. The number of para-hydroxylation sites is 1. The van der Waals surface area contributed by atoms with Crippen molar-refractivity contribution in [2.24, 2.45) is 0 Å². The lowest BCUT2D eigenvalue weighted by molar-refractivity contribution is -0.406. The highest BCUT2D eigenvalue weighted by molar-refractivity contribution is 7.90. The van der Waals surface area contributed by atoms with Gasteiger partial charge in [0.25, 0.3) is 5.84 Å². The van der Waals surface area contributed by atoms with Crippen molar-refractivity contribution in [2.45, 2.75) is 11.8 Å². The molecule has 3 aromatic rings. The minimum atomic E-state index is -3.71. The number of nitrogens with zero attached hydrogens (tertiary/aromatic N) is 1. The Balaban J connectivity index is 2.09. The van der Waals surface area contributed by atoms with Gasteiger partial charge in [0.05, 0.1) is 12.6 Å². The first-order valence-electron chi connectivity index (χ1n) is 8.28. The van der Waals surface area contributed by atoms with Gasteiger partial charge < -0.3 is 0 Å². The quantitative estimate of drug-likeness (QED) is 0.435. The molecule has 0 aliphatic heterocycles. The van der Waals surface area contributed by atoms with E-state index in [4.69, 9.17) is 0 Å². The Hall–Kier alpha value is -2.92. The molecule has 0 unspecified atom stereocenters. The van der Waals surface area contributed by atoms with Crippen LogP contribution in [0.5, 0.6) is 0 Å². The number of nitrogens with one attached hydrogen (secondary N) is 1. The van der Waals surface area contributed by atoms with Crippen LogP contribution in [0.2, 0.25) is 0 Å². The van der Waals surface area contributed by atoms with Gasteiger partial charge in [-0.2, -0.15) is 13.1 Å². The summed E-state index contributed by atoms with van der Waals surface area (Å²) in [4.78, 5) is 0.234. The van der Waals surface area contributed by atoms with Crippen molar-refractivity contribution in [3.05, 3.63) is 96.1 Å². The van der Waals surface area contributed by atoms with Crippen LogP contribution in [-0.4, -0.2) is 25.9 Å². The summed E-state index contributed by atoms with van der Waals surface area (Å²) in [5, 5.41) is 0. The first-order chi connectivity index (χ1) is 12.5. The molecule has 26 heavy (non-hydrogen) atoms. The molecule has 0 saturated heterocycles. The highest BCUT2D eigenvalue weighted by atomic mass is 32.2. The molecule has 5 heteroatoms. The maximum atomic E-state index is 12.9. The van der Waals surface area contributed by atoms with Crippen LogP contribution in [0.4, 0.5) is 5.69 Å². The second-order valence-corrected chi connectivity index (χ2v) is 7.71. The Morgan fingerprint density at radius 3 is 1.92 bits per heavy atom. The fourth-order valence-electron chi connectivity index (χ4n) is 2.60. The van der Waals surface area contributed by atoms with Gasteiger partial charge in [-0.05, 0) is 43.3 Å². The molecule has 0 saturated carbocycles. The summed E-state index contributed by atoms with van der Waals surface area (Å²) in [6.07, 6.45) is 0. The maximum Gasteiger partial charge on any atom is 0.328 e. The van der Waals surface area contributed by atoms with Crippen molar-refractivity contribution in [1.82, 2.24) is 4.72 Å². The van der Waals surface area contributed by atoms with Gasteiger partial charge in [0.15, 0.2) is 0 Å². The largest absolute Gasteiger partial charge is 0.328 e. The summed E-state index contributed by atoms with van der Waals surface area (Å²) in [6.45, 7) is 1.93. The standard InChI is InChI=1S/C21H20N2O2S/c1-17-13-15-20(16-14-17)26(24,25)22-21(18-9-5-3-6-10-18)23(2)19-11-7-4-8-12-19/h3-16H,1-2H3/p+1. The normalized spacial score (nSPS) is 12.4. The molecule has 0 radical (unpaired) electrons. The molecule has 0 aromatic heterocycles. The van der Waals surface area contributed by atoms with E-state index in [1.54, 1.807) is 24.3 Å². The summed E-state index contributed by atoms with van der Waals surface area (Å²) in [6, 6.07) is 25.9. The molecule has 0 fully saturated rings. The van der Waals surface area contributed by atoms with Crippen molar-refractivity contribution in [2.75, 3.05) is 7.05 Å². The van der Waals surface area contributed by atoms with Gasteiger partial charge in [-0.15, -0.1) is 0 Å². The lowest BCUT2D eigenvalue weighted by Gasteiger charge is -2.10. The molecule has 1 N–H and O–H groups in total. The van der Waals surface area contributed by atoms with E-state index in [0.29, 0.717) is 5.84 Å². The molecule has 0 atom stereocenters. The summed E-state index contributed by atoms with van der Waals surface area (Å²) < 4.78 is 30.4. The zero-order chi connectivity index (χ0) is 18.6. The van der Waals surface area contributed by atoms with E-state index in [1.165, 1.54) is 0 Å². The highest BCUT2D eigenvalue weighted by Gasteiger charge is 2.25. The van der Waals surface area contributed by atoms with Crippen LogP contribution in [0.1, 0.15) is 11.1 Å². The van der Waals surface area contributed by atoms with Gasteiger partial charge in [0.1, 0.15) is 10.6 Å². The molecular weight excluding hydrogens is 344 g/mol. The number of sulfonamides is 1. The average molecular weight is 365 g/mol. The molecule has 0 heterocycles. The van der Waals surface area contributed by atoms with Gasteiger partial charge in [0, 0.05) is 0 Å². The molecule has 0 amide bonds. The van der Waals surface area contributed by atoms with Crippen molar-refractivity contribution < 1.29 is 13.0 Å². The molecule has 4 nitrogen and oxygen atoms in total. The van der Waals surface area contributed by atoms with E-state index >= 15 is 0 Å². The minimum absolute atomic E-state index is 0.234. The van der Waals surface area contributed by atoms with E-state index in [2.05, 4.69) is 4.72 Å². The third kappa shape index (κ3) is 4.00. The predicted octanol–water partition coefficient (Wildman–Crippen LogP) is 3.69. The fourth-order valence-corrected chi connectivity index (χ4v) is 3.72. The fraction of sp³-hybridized carbons (Fsp3) is 0.0952. The van der Waals surface area contributed by atoms with Crippen molar-refractivity contribution >= 4 is 21.5 Å². The van der Waals surface area contributed by atoms with Gasteiger partial charge in [-0.3, -0.25) is 0 Å². The van der Waals surface area contributed by atoms with Crippen molar-refractivity contribution in [1.29, 1.82) is 0 Å². The first kappa shape index (κ1) is 17.9. The Kier molecular flexibility index (Phi) is 5.19. The molecule has 0 aliphatic carbocycles. The molecule has 132 valence electrons. The van der Waals surface area contributed by atoms with E-state index in [0.717, 1.165) is 16.8 Å². The minimum Gasteiger partial charge on any atom is -0.229 e. The number of rotatable bonds is 4. The lowest BCUT2D eigenvalue weighted by Crippen LogP contribution is -2.36. The second kappa shape index (κ2) is 7.54. The molecular formula is C21H21N2O2S+. The second-order valence-electron chi connectivity index (χ2n) is 6.03. The van der Waals surface area contributed by atoms with Crippen LogP contribution in [-0.2, 0) is 10.0 Å². The van der Waals surface area contributed by atoms with E-state index in [9.17, 15) is 8.42 Å². The van der Waals surface area contributed by atoms with Crippen LogP contribution >= 0.6 is 0 Å². The molecule has 0 bridgehead atoms. The summed E-state index contributed by atoms with van der Waals surface area (Å²) in [7, 11) is -1.86. The van der Waals surface area contributed by atoms with Crippen LogP contribution < -0.4 is 4.72 Å². The summed E-state index contributed by atoms with van der Waals surface area (Å²) in [5.74, 6) is 0.498. The molecule has 0 aliphatic rings. The topological polar surface area (TPSA) is 49.2 Å². The van der Waals surface area contributed by atoms with Crippen LogP contribution in [0, 0.1) is 6.92 Å². The van der Waals surface area contributed by atoms with Crippen molar-refractivity contribution in [3.8, 4) is 0 Å². The summed E-state index contributed by atoms with van der Waals surface area (Å²) in [5.41, 5.74) is 2.69. The van der Waals surface area contributed by atoms with Gasteiger partial charge >= 0.3 is 10.0 Å². The van der Waals surface area contributed by atoms with E-state index in [1.807, 2.05) is 79.2 Å². The van der Waals surface area contributed by atoms with Crippen LogP contribution in [0.25, 0.3) is 0 Å². The third-order valence-electron chi connectivity index (χ3n) is 4.09. The molecule has 0 spiro atoms. The Bertz CT molecular complexity index is 1010. The molecule has 3 rings (SSSR count). The van der Waals surface area contributed by atoms with Gasteiger partial charge in [-0.1, -0.05) is 54.1 Å². The smallest absolute Gasteiger partial charge is 0.229 e. The van der Waals surface area contributed by atoms with Gasteiger partial charge in [0.2, 0.25) is 0 Å². The van der Waals surface area contributed by atoms with Crippen molar-refractivity contribution in [3.63, 3.8) is 0 Å². The van der Waals surface area contributed by atoms with Crippen LogP contribution in [0.15, 0.2) is 89.8 Å². The zero-order valence-electron chi connectivity index (χ0n) is 14.8. The Morgan fingerprint density at radius 1 is 0.808 bits per heavy atom. The van der Waals surface area contributed by atoms with Crippen LogP contribution in [0.3, 0.4) is 0 Å². The first-order valence-corrected chi connectivity index (χ1v) is 9.76. The van der Waals surface area contributed by atoms with E-state index in [-0.39, 0.29) is 4.90 Å². The predicted molar refractivity (Wildman–Crippen MR) is 104 cm³/mol. The number of aryl methyl sites for hydroxylation is 1. The average Bonchev–Trinajstić information content (AvgIpc) is 2.67. The number of benzene rings is 3. The van der Waals surface area contributed by atoms with E-state index < -0.39 is 10.0 Å².